The fourth-order valence-corrected chi connectivity index (χ4v) is 3.46. The predicted octanol–water partition coefficient (Wildman–Crippen LogP) is 2.53. The number of hydrogen-bond donors (Lipinski definition) is 1. The standard InChI is InChI=1S/C20H29N3O4/c1-16-6-2-3-7-17(16)14-23(15-18-8-4-12-26-18)19(24)21-9-11-22-10-5-13-27-20(22)25/h2-3,6-7,18H,4-5,8-15H2,1H3,(H,21,24)/t18-/m1/s1. The highest BCUT2D eigenvalue weighted by Crippen LogP contribution is 2.16. The Kier molecular flexibility index (Phi) is 6.92. The van der Waals surface area contributed by atoms with E-state index in [9.17, 15) is 9.59 Å². The molecule has 3 rings (SSSR count). The maximum absolute atomic E-state index is 12.8. The van der Waals surface area contributed by atoms with Crippen molar-refractivity contribution < 1.29 is 19.1 Å². The quantitative estimate of drug-likeness (QED) is 0.795. The molecule has 7 nitrogen and oxygen atoms in total. The zero-order chi connectivity index (χ0) is 19.1. The second-order valence-electron chi connectivity index (χ2n) is 7.13. The van der Waals surface area contributed by atoms with E-state index in [0.29, 0.717) is 39.3 Å². The fourth-order valence-electron chi connectivity index (χ4n) is 3.46. The molecule has 0 saturated carbocycles. The van der Waals surface area contributed by atoms with Crippen LogP contribution in [-0.2, 0) is 16.0 Å². The van der Waals surface area contributed by atoms with E-state index < -0.39 is 0 Å². The van der Waals surface area contributed by atoms with E-state index in [1.807, 2.05) is 17.0 Å². The number of hydrogen-bond acceptors (Lipinski definition) is 4. The molecule has 2 fully saturated rings. The first kappa shape index (κ1) is 19.5. The van der Waals surface area contributed by atoms with Crippen LogP contribution in [0.4, 0.5) is 9.59 Å². The van der Waals surface area contributed by atoms with Gasteiger partial charge in [-0.2, -0.15) is 0 Å². The molecule has 27 heavy (non-hydrogen) atoms. The van der Waals surface area contributed by atoms with Gasteiger partial charge in [0.15, 0.2) is 0 Å². The summed E-state index contributed by atoms with van der Waals surface area (Å²) in [5, 5.41) is 2.95. The molecule has 3 amide bonds. The third kappa shape index (κ3) is 5.60. The number of rotatable bonds is 7. The lowest BCUT2D eigenvalue weighted by atomic mass is 10.1. The molecule has 2 saturated heterocycles. The van der Waals surface area contributed by atoms with Crippen molar-refractivity contribution >= 4 is 12.1 Å². The molecule has 1 aromatic rings. The third-order valence-electron chi connectivity index (χ3n) is 5.07. The maximum Gasteiger partial charge on any atom is 0.409 e. The van der Waals surface area contributed by atoms with E-state index in [1.54, 1.807) is 4.90 Å². The molecule has 1 N–H and O–H groups in total. The van der Waals surface area contributed by atoms with Gasteiger partial charge in [0.05, 0.1) is 12.7 Å². The molecule has 0 unspecified atom stereocenters. The molecule has 2 aliphatic rings. The Bertz CT molecular complexity index is 646. The summed E-state index contributed by atoms with van der Waals surface area (Å²) in [5.41, 5.74) is 2.30. The van der Waals surface area contributed by atoms with E-state index in [2.05, 4.69) is 24.4 Å². The Morgan fingerprint density at radius 2 is 2.15 bits per heavy atom. The SMILES string of the molecule is Cc1ccccc1CN(C[C@H]1CCCO1)C(=O)NCCN1CCCOC1=O. The molecule has 1 atom stereocenters. The van der Waals surface area contributed by atoms with Crippen LogP contribution in [0, 0.1) is 6.92 Å². The Morgan fingerprint density at radius 1 is 1.30 bits per heavy atom. The van der Waals surface area contributed by atoms with Crippen LogP contribution in [0.1, 0.15) is 30.4 Å². The zero-order valence-corrected chi connectivity index (χ0v) is 16.0. The van der Waals surface area contributed by atoms with Crippen molar-refractivity contribution in [3.63, 3.8) is 0 Å². The molecule has 0 spiro atoms. The predicted molar refractivity (Wildman–Crippen MR) is 101 cm³/mol. The summed E-state index contributed by atoms with van der Waals surface area (Å²) in [4.78, 5) is 27.9. The second-order valence-corrected chi connectivity index (χ2v) is 7.13. The Labute approximate surface area is 160 Å². The minimum Gasteiger partial charge on any atom is -0.449 e. The van der Waals surface area contributed by atoms with Crippen molar-refractivity contribution in [3.05, 3.63) is 35.4 Å². The van der Waals surface area contributed by atoms with Gasteiger partial charge in [-0.3, -0.25) is 0 Å². The van der Waals surface area contributed by atoms with Gasteiger partial charge in [0.25, 0.3) is 0 Å². The van der Waals surface area contributed by atoms with E-state index in [1.165, 1.54) is 5.56 Å². The van der Waals surface area contributed by atoms with Crippen LogP contribution >= 0.6 is 0 Å². The van der Waals surface area contributed by atoms with Gasteiger partial charge in [-0.1, -0.05) is 24.3 Å². The molecule has 148 valence electrons. The number of amides is 3. The summed E-state index contributed by atoms with van der Waals surface area (Å²) < 4.78 is 10.7. The summed E-state index contributed by atoms with van der Waals surface area (Å²) >= 11 is 0. The number of nitrogens with zero attached hydrogens (tertiary/aromatic N) is 2. The number of carbonyl (C=O) groups is 2. The van der Waals surface area contributed by atoms with E-state index in [-0.39, 0.29) is 18.2 Å². The second kappa shape index (κ2) is 9.60. The molecule has 1 aromatic carbocycles. The van der Waals surface area contributed by atoms with Gasteiger partial charge in [0.1, 0.15) is 0 Å². The summed E-state index contributed by atoms with van der Waals surface area (Å²) in [6.45, 7) is 5.97. The lowest BCUT2D eigenvalue weighted by Gasteiger charge is -2.28. The highest BCUT2D eigenvalue weighted by molar-refractivity contribution is 5.74. The van der Waals surface area contributed by atoms with E-state index in [4.69, 9.17) is 9.47 Å². The van der Waals surface area contributed by atoms with Crippen molar-refractivity contribution in [2.75, 3.05) is 39.4 Å². The number of nitrogens with one attached hydrogen (secondary N) is 1. The number of ether oxygens (including phenoxy) is 2. The first-order valence-electron chi connectivity index (χ1n) is 9.74. The topological polar surface area (TPSA) is 71.1 Å². The molecule has 2 aliphatic heterocycles. The Hall–Kier alpha value is -2.28. The van der Waals surface area contributed by atoms with Gasteiger partial charge < -0.3 is 24.6 Å². The van der Waals surface area contributed by atoms with Gasteiger partial charge >= 0.3 is 12.1 Å². The van der Waals surface area contributed by atoms with Crippen LogP contribution in [0.15, 0.2) is 24.3 Å². The van der Waals surface area contributed by atoms with Crippen LogP contribution in [0.2, 0.25) is 0 Å². The Balaban J connectivity index is 1.56. The zero-order valence-electron chi connectivity index (χ0n) is 16.0. The van der Waals surface area contributed by atoms with Crippen LogP contribution in [0.5, 0.6) is 0 Å². The molecule has 2 heterocycles. The number of cyclic esters (lactones) is 1. The first-order valence-corrected chi connectivity index (χ1v) is 9.74. The summed E-state index contributed by atoms with van der Waals surface area (Å²) in [7, 11) is 0. The van der Waals surface area contributed by atoms with Gasteiger partial charge in [-0.15, -0.1) is 0 Å². The average molecular weight is 375 g/mol. The minimum atomic E-state index is -0.299. The van der Waals surface area contributed by atoms with Crippen LogP contribution in [0.3, 0.4) is 0 Å². The monoisotopic (exact) mass is 375 g/mol. The highest BCUT2D eigenvalue weighted by Gasteiger charge is 2.24. The lowest BCUT2D eigenvalue weighted by Crippen LogP contribution is -2.47. The molecule has 0 radical (unpaired) electrons. The van der Waals surface area contributed by atoms with Crippen LogP contribution in [-0.4, -0.2) is 67.4 Å². The fraction of sp³-hybridized carbons (Fsp3) is 0.600. The van der Waals surface area contributed by atoms with Gasteiger partial charge in [-0.05, 0) is 37.3 Å². The normalized spacial score (nSPS) is 19.7. The van der Waals surface area contributed by atoms with Crippen LogP contribution < -0.4 is 5.32 Å². The average Bonchev–Trinajstić information content (AvgIpc) is 3.17. The summed E-state index contributed by atoms with van der Waals surface area (Å²) in [5.74, 6) is 0. The molecule has 0 aliphatic carbocycles. The Morgan fingerprint density at radius 3 is 2.89 bits per heavy atom. The maximum atomic E-state index is 12.8. The largest absolute Gasteiger partial charge is 0.449 e. The van der Waals surface area contributed by atoms with Crippen molar-refractivity contribution in [1.29, 1.82) is 0 Å². The number of carbonyl (C=O) groups excluding carboxylic acids is 2. The lowest BCUT2D eigenvalue weighted by molar-refractivity contribution is 0.0718. The van der Waals surface area contributed by atoms with Gasteiger partial charge in [-0.25, -0.2) is 9.59 Å². The summed E-state index contributed by atoms with van der Waals surface area (Å²) in [6, 6.07) is 7.97. The number of benzene rings is 1. The van der Waals surface area contributed by atoms with Crippen LogP contribution in [0.25, 0.3) is 0 Å². The highest BCUT2D eigenvalue weighted by atomic mass is 16.6. The van der Waals surface area contributed by atoms with Crippen molar-refractivity contribution in [3.8, 4) is 0 Å². The molecular weight excluding hydrogens is 346 g/mol. The van der Waals surface area contributed by atoms with Gasteiger partial charge in [0.2, 0.25) is 0 Å². The smallest absolute Gasteiger partial charge is 0.409 e. The molecular formula is C20H29N3O4. The molecule has 7 heteroatoms. The molecule has 0 bridgehead atoms. The third-order valence-corrected chi connectivity index (χ3v) is 5.07. The minimum absolute atomic E-state index is 0.0943. The van der Waals surface area contributed by atoms with E-state index >= 15 is 0 Å². The van der Waals surface area contributed by atoms with Crippen molar-refractivity contribution in [2.24, 2.45) is 0 Å². The van der Waals surface area contributed by atoms with Crippen molar-refractivity contribution in [2.45, 2.75) is 38.8 Å². The summed E-state index contributed by atoms with van der Waals surface area (Å²) in [6.07, 6.45) is 2.65. The first-order chi connectivity index (χ1) is 13.1. The van der Waals surface area contributed by atoms with E-state index in [0.717, 1.165) is 31.4 Å². The van der Waals surface area contributed by atoms with Gasteiger partial charge in [0, 0.05) is 39.3 Å². The number of urea groups is 1. The number of aryl methyl sites for hydroxylation is 1. The van der Waals surface area contributed by atoms with Crippen molar-refractivity contribution in [1.82, 2.24) is 15.1 Å². The molecule has 0 aromatic heterocycles.